The molecule has 4 nitrogen and oxygen atoms in total. The Morgan fingerprint density at radius 1 is 1.28 bits per heavy atom. The molecule has 1 saturated heterocycles. The summed E-state index contributed by atoms with van der Waals surface area (Å²) in [6.07, 6.45) is -4.66. The van der Waals surface area contributed by atoms with E-state index in [4.69, 9.17) is 0 Å². The molecule has 1 fully saturated rings. The highest BCUT2D eigenvalue weighted by Crippen LogP contribution is 2.26. The molecule has 25 heavy (non-hydrogen) atoms. The number of hydrogen-bond acceptors (Lipinski definition) is 2. The Balaban J connectivity index is 1.96. The predicted octanol–water partition coefficient (Wildman–Crippen LogP) is 3.05. The number of nitrogens with one attached hydrogen (secondary N) is 2. The average molecular weight is 364 g/mol. The number of hydrogen-bond donors (Lipinski definition) is 2. The van der Waals surface area contributed by atoms with Crippen molar-refractivity contribution in [2.24, 2.45) is 4.99 Å². The molecule has 9 heteroatoms. The summed E-state index contributed by atoms with van der Waals surface area (Å²) in [5.41, 5.74) is -0.0780. The fourth-order valence-electron chi connectivity index (χ4n) is 2.68. The van der Waals surface area contributed by atoms with Crippen LogP contribution >= 0.6 is 0 Å². The van der Waals surface area contributed by atoms with E-state index in [9.17, 15) is 22.0 Å². The zero-order chi connectivity index (χ0) is 18.4. The van der Waals surface area contributed by atoms with Crippen LogP contribution in [0.3, 0.4) is 0 Å². The number of rotatable bonds is 5. The third-order valence-corrected chi connectivity index (χ3v) is 3.79. The van der Waals surface area contributed by atoms with Crippen molar-refractivity contribution in [2.45, 2.75) is 32.0 Å². The van der Waals surface area contributed by atoms with E-state index in [0.717, 1.165) is 0 Å². The lowest BCUT2D eigenvalue weighted by Gasteiger charge is -2.21. The summed E-state index contributed by atoms with van der Waals surface area (Å²) in [7, 11) is 0. The summed E-state index contributed by atoms with van der Waals surface area (Å²) in [6, 6.07) is 3.53. The number of guanidine groups is 1. The molecule has 0 bridgehead atoms. The van der Waals surface area contributed by atoms with Gasteiger partial charge in [0.05, 0.1) is 13.0 Å². The molecule has 0 spiro atoms. The molecule has 1 aromatic rings. The van der Waals surface area contributed by atoms with Crippen molar-refractivity contribution >= 4 is 11.6 Å². The van der Waals surface area contributed by atoms with Crippen LogP contribution in [0.2, 0.25) is 0 Å². The zero-order valence-corrected chi connectivity index (χ0v) is 13.8. The van der Waals surface area contributed by atoms with Crippen molar-refractivity contribution in [1.29, 1.82) is 0 Å². The Kier molecular flexibility index (Phi) is 6.44. The third-order valence-electron chi connectivity index (χ3n) is 3.79. The highest BCUT2D eigenvalue weighted by molar-refractivity contribution is 5.80. The first-order valence-electron chi connectivity index (χ1n) is 8.10. The van der Waals surface area contributed by atoms with E-state index in [1.165, 1.54) is 18.2 Å². The normalized spacial score (nSPS) is 18.6. The number of para-hydroxylation sites is 1. The molecular weight excluding hydrogens is 343 g/mol. The van der Waals surface area contributed by atoms with Gasteiger partial charge in [0.15, 0.2) is 5.96 Å². The van der Waals surface area contributed by atoms with Gasteiger partial charge in [-0.15, -0.1) is 0 Å². The lowest BCUT2D eigenvalue weighted by Crippen LogP contribution is -2.44. The predicted molar refractivity (Wildman–Crippen MR) is 86.8 cm³/mol. The van der Waals surface area contributed by atoms with Crippen LogP contribution < -0.4 is 15.5 Å². The van der Waals surface area contributed by atoms with Gasteiger partial charge in [0.2, 0.25) is 0 Å². The largest absolute Gasteiger partial charge is 0.390 e. The highest BCUT2D eigenvalue weighted by Gasteiger charge is 2.28. The quantitative estimate of drug-likeness (QED) is 0.479. The molecule has 0 saturated carbocycles. The van der Waals surface area contributed by atoms with Crippen LogP contribution in [-0.4, -0.2) is 44.4 Å². The van der Waals surface area contributed by atoms with Crippen molar-refractivity contribution < 1.29 is 22.0 Å². The lowest BCUT2D eigenvalue weighted by molar-refractivity contribution is -0.132. The van der Waals surface area contributed by atoms with E-state index in [2.05, 4.69) is 15.6 Å². The summed E-state index contributed by atoms with van der Waals surface area (Å²) in [5, 5.41) is 5.90. The summed E-state index contributed by atoms with van der Waals surface area (Å²) >= 11 is 0. The first-order valence-corrected chi connectivity index (χ1v) is 8.10. The minimum atomic E-state index is -4.26. The number of anilines is 1. The Labute approximate surface area is 143 Å². The van der Waals surface area contributed by atoms with Crippen LogP contribution in [-0.2, 0) is 0 Å². The van der Waals surface area contributed by atoms with Gasteiger partial charge in [0.25, 0.3) is 0 Å². The molecule has 0 aromatic heterocycles. The van der Waals surface area contributed by atoms with Gasteiger partial charge in [0, 0.05) is 25.7 Å². The monoisotopic (exact) mass is 364 g/mol. The van der Waals surface area contributed by atoms with Gasteiger partial charge in [-0.3, -0.25) is 4.99 Å². The molecule has 1 unspecified atom stereocenters. The topological polar surface area (TPSA) is 39.7 Å². The maximum absolute atomic E-state index is 13.8. The van der Waals surface area contributed by atoms with Gasteiger partial charge < -0.3 is 15.5 Å². The number of alkyl halides is 3. The van der Waals surface area contributed by atoms with E-state index in [1.54, 1.807) is 11.8 Å². The highest BCUT2D eigenvalue weighted by atomic mass is 19.4. The third kappa shape index (κ3) is 5.75. The zero-order valence-electron chi connectivity index (χ0n) is 13.8. The van der Waals surface area contributed by atoms with Crippen LogP contribution in [0.5, 0.6) is 0 Å². The molecule has 0 amide bonds. The number of benzene rings is 1. The van der Waals surface area contributed by atoms with E-state index in [1.807, 2.05) is 0 Å². The summed E-state index contributed by atoms with van der Waals surface area (Å²) in [4.78, 5) is 5.49. The van der Waals surface area contributed by atoms with Crippen molar-refractivity contribution in [1.82, 2.24) is 10.6 Å². The molecule has 1 aromatic carbocycles. The van der Waals surface area contributed by atoms with Gasteiger partial charge in [-0.25, -0.2) is 8.78 Å². The molecule has 2 rings (SSSR count). The number of halogens is 5. The second-order valence-corrected chi connectivity index (χ2v) is 5.77. The van der Waals surface area contributed by atoms with Gasteiger partial charge in [-0.05, 0) is 25.5 Å². The summed E-state index contributed by atoms with van der Waals surface area (Å²) in [5.74, 6) is -0.995. The number of aliphatic imine (C=N–C) groups is 1. The Morgan fingerprint density at radius 3 is 2.56 bits per heavy atom. The van der Waals surface area contributed by atoms with Crippen LogP contribution in [0.25, 0.3) is 0 Å². The molecular formula is C16H21F5N4. The standard InChI is InChI=1S/C16H21F5N4/c1-2-22-15(23-8-7-16(19,20)21)24-11-6-9-25(10-11)14-12(17)4-3-5-13(14)18/h3-5,11H,2,6-10H2,1H3,(H2,22,23,24). The van der Waals surface area contributed by atoms with Gasteiger partial charge in [-0.2, -0.15) is 13.2 Å². The number of nitrogens with zero attached hydrogens (tertiary/aromatic N) is 2. The minimum Gasteiger partial charge on any atom is -0.365 e. The van der Waals surface area contributed by atoms with Crippen molar-refractivity contribution in [3.05, 3.63) is 29.8 Å². The van der Waals surface area contributed by atoms with Crippen LogP contribution in [0.1, 0.15) is 19.8 Å². The second kappa shape index (κ2) is 8.35. The SMILES string of the molecule is CCNC(=NCCC(F)(F)F)NC1CCN(c2c(F)cccc2F)C1. The smallest absolute Gasteiger partial charge is 0.365 e. The molecule has 2 N–H and O–H groups in total. The van der Waals surface area contributed by atoms with Crippen LogP contribution in [0.4, 0.5) is 27.6 Å². The first-order chi connectivity index (χ1) is 11.8. The van der Waals surface area contributed by atoms with E-state index >= 15 is 0 Å². The van der Waals surface area contributed by atoms with Gasteiger partial charge in [0.1, 0.15) is 17.3 Å². The second-order valence-electron chi connectivity index (χ2n) is 5.77. The Morgan fingerprint density at radius 2 is 1.96 bits per heavy atom. The van der Waals surface area contributed by atoms with Gasteiger partial charge in [-0.1, -0.05) is 6.07 Å². The minimum absolute atomic E-state index is 0.0780. The fraction of sp³-hybridized carbons (Fsp3) is 0.562. The van der Waals surface area contributed by atoms with Crippen molar-refractivity contribution in [2.75, 3.05) is 31.1 Å². The van der Waals surface area contributed by atoms with Crippen molar-refractivity contribution in [3.63, 3.8) is 0 Å². The van der Waals surface area contributed by atoms with Crippen LogP contribution in [0.15, 0.2) is 23.2 Å². The molecule has 140 valence electrons. The first kappa shape index (κ1) is 19.3. The molecule has 1 aliphatic heterocycles. The van der Waals surface area contributed by atoms with Crippen molar-refractivity contribution in [3.8, 4) is 0 Å². The van der Waals surface area contributed by atoms with E-state index in [0.29, 0.717) is 26.1 Å². The van der Waals surface area contributed by atoms with E-state index in [-0.39, 0.29) is 24.2 Å². The maximum atomic E-state index is 13.8. The lowest BCUT2D eigenvalue weighted by atomic mass is 10.2. The Bertz CT molecular complexity index is 582. The molecule has 0 radical (unpaired) electrons. The summed E-state index contributed by atoms with van der Waals surface area (Å²) < 4.78 is 64.4. The molecule has 1 atom stereocenters. The summed E-state index contributed by atoms with van der Waals surface area (Å²) in [6.45, 7) is 2.70. The molecule has 1 heterocycles. The van der Waals surface area contributed by atoms with E-state index < -0.39 is 24.2 Å². The van der Waals surface area contributed by atoms with Crippen LogP contribution in [0, 0.1) is 11.6 Å². The maximum Gasteiger partial charge on any atom is 0.390 e. The van der Waals surface area contributed by atoms with Gasteiger partial charge >= 0.3 is 6.18 Å². The fourth-order valence-corrected chi connectivity index (χ4v) is 2.68. The molecule has 0 aliphatic carbocycles. The average Bonchev–Trinajstić information content (AvgIpc) is 2.94. The molecule has 1 aliphatic rings. The Hall–Kier alpha value is -2.06.